The minimum absolute atomic E-state index is 0.131. The molecule has 2 heterocycles. The first-order valence-electron chi connectivity index (χ1n) is 11.4. The van der Waals surface area contributed by atoms with Crippen LogP contribution in [0.15, 0.2) is 55.0 Å². The van der Waals surface area contributed by atoms with Gasteiger partial charge in [0, 0.05) is 36.1 Å². The van der Waals surface area contributed by atoms with Crippen molar-refractivity contribution >= 4 is 23.5 Å². The van der Waals surface area contributed by atoms with Gasteiger partial charge < -0.3 is 26.5 Å². The van der Waals surface area contributed by atoms with Gasteiger partial charge in [-0.05, 0) is 36.2 Å². The molecule has 6 N–H and O–H groups in total. The van der Waals surface area contributed by atoms with Gasteiger partial charge in [-0.3, -0.25) is 14.5 Å². The fraction of sp³-hybridized carbons (Fsp3) is 0.280. The minimum atomic E-state index is -0.886. The first-order valence-corrected chi connectivity index (χ1v) is 11.4. The Morgan fingerprint density at radius 1 is 1.25 bits per heavy atom. The van der Waals surface area contributed by atoms with Crippen molar-refractivity contribution in [3.8, 4) is 11.1 Å². The topological polar surface area (TPSA) is 156 Å². The zero-order chi connectivity index (χ0) is 25.8. The molecule has 2 aromatic carbocycles. The smallest absolute Gasteiger partial charge is 0.414 e. The molecule has 0 aliphatic carbocycles. The van der Waals surface area contributed by atoms with Crippen LogP contribution in [0.1, 0.15) is 18.2 Å². The van der Waals surface area contributed by atoms with E-state index in [0.29, 0.717) is 28.8 Å². The van der Waals surface area contributed by atoms with E-state index in [1.807, 2.05) is 0 Å². The van der Waals surface area contributed by atoms with Gasteiger partial charge in [0.2, 0.25) is 5.91 Å². The predicted molar refractivity (Wildman–Crippen MR) is 130 cm³/mol. The first-order chi connectivity index (χ1) is 17.2. The predicted octanol–water partition coefficient (Wildman–Crippen LogP) is 1.64. The molecule has 2 amide bonds. The van der Waals surface area contributed by atoms with Crippen LogP contribution in [-0.4, -0.2) is 52.5 Å². The summed E-state index contributed by atoms with van der Waals surface area (Å²) < 4.78 is 20.1. The van der Waals surface area contributed by atoms with Crippen molar-refractivity contribution in [2.24, 2.45) is 11.5 Å². The highest BCUT2D eigenvalue weighted by atomic mass is 19.1. The monoisotopic (exact) mass is 494 g/mol. The summed E-state index contributed by atoms with van der Waals surface area (Å²) in [6.07, 6.45) is 2.12. The number of nitrogens with zero attached hydrogens (tertiary/aromatic N) is 2. The van der Waals surface area contributed by atoms with Gasteiger partial charge in [-0.1, -0.05) is 24.3 Å². The second-order valence-electron chi connectivity index (χ2n) is 8.64. The quantitative estimate of drug-likeness (QED) is 0.352. The Kier molecular flexibility index (Phi) is 7.41. The molecule has 1 saturated heterocycles. The van der Waals surface area contributed by atoms with E-state index in [9.17, 15) is 18.8 Å². The lowest BCUT2D eigenvalue weighted by Crippen LogP contribution is -2.43. The van der Waals surface area contributed by atoms with Gasteiger partial charge in [-0.2, -0.15) is 0 Å². The number of hydrogen-bond donors (Lipinski definition) is 4. The molecule has 188 valence electrons. The summed E-state index contributed by atoms with van der Waals surface area (Å²) in [4.78, 5) is 44.1. The number of ether oxygens (including phenoxy) is 1. The Labute approximate surface area is 206 Å². The van der Waals surface area contributed by atoms with Gasteiger partial charge in [0.1, 0.15) is 23.7 Å². The van der Waals surface area contributed by atoms with Gasteiger partial charge in [0.05, 0.1) is 18.9 Å². The molecule has 1 aliphatic heterocycles. The second-order valence-corrected chi connectivity index (χ2v) is 8.64. The Bertz CT molecular complexity index is 1250. The summed E-state index contributed by atoms with van der Waals surface area (Å²) in [6, 6.07) is 9.79. The molecule has 1 aromatic heterocycles. The van der Waals surface area contributed by atoms with Crippen molar-refractivity contribution in [1.29, 1.82) is 0 Å². The molecule has 0 spiro atoms. The number of imidazole rings is 1. The average Bonchev–Trinajstić information content (AvgIpc) is 3.51. The van der Waals surface area contributed by atoms with E-state index in [1.165, 1.54) is 24.2 Å². The van der Waals surface area contributed by atoms with E-state index in [0.717, 1.165) is 5.69 Å². The van der Waals surface area contributed by atoms with Gasteiger partial charge >= 0.3 is 6.09 Å². The Morgan fingerprint density at radius 3 is 2.64 bits per heavy atom. The van der Waals surface area contributed by atoms with E-state index in [-0.39, 0.29) is 24.8 Å². The van der Waals surface area contributed by atoms with Crippen molar-refractivity contribution in [1.82, 2.24) is 15.3 Å². The molecule has 0 bridgehead atoms. The van der Waals surface area contributed by atoms with Crippen molar-refractivity contribution in [3.05, 3.63) is 72.1 Å². The summed E-state index contributed by atoms with van der Waals surface area (Å²) in [5.41, 5.74) is 14.6. The lowest BCUT2D eigenvalue weighted by Gasteiger charge is -2.16. The highest BCUT2D eigenvalue weighted by molar-refractivity contribution is 5.92. The molecule has 1 fully saturated rings. The van der Waals surface area contributed by atoms with Crippen LogP contribution < -0.4 is 21.7 Å². The molecule has 1 aliphatic rings. The molecular weight excluding hydrogens is 467 g/mol. The first kappa shape index (κ1) is 25.0. The number of halogens is 1. The number of aromatic amines is 1. The van der Waals surface area contributed by atoms with Crippen LogP contribution in [-0.2, 0) is 27.3 Å². The van der Waals surface area contributed by atoms with Gasteiger partial charge in [0.15, 0.2) is 0 Å². The summed E-state index contributed by atoms with van der Waals surface area (Å²) in [5, 5.41) is 2.71. The van der Waals surface area contributed by atoms with Gasteiger partial charge in [-0.15, -0.1) is 0 Å². The van der Waals surface area contributed by atoms with Crippen LogP contribution in [0, 0.1) is 5.82 Å². The van der Waals surface area contributed by atoms with E-state index in [1.54, 1.807) is 42.6 Å². The molecule has 3 aromatic rings. The second kappa shape index (κ2) is 10.7. The number of rotatable bonds is 9. The SMILES string of the molecule is CC(=O)[C@@H](N)C1CN(c2ccc(-c3ccc(CNC(=O)C(N)Cc4cnc[nH]4)cc3F)cc2)C(=O)O1. The molecule has 2 unspecified atom stereocenters. The van der Waals surface area contributed by atoms with Gasteiger partial charge in [-0.25, -0.2) is 14.2 Å². The van der Waals surface area contributed by atoms with Crippen LogP contribution in [0.5, 0.6) is 0 Å². The molecule has 11 heteroatoms. The van der Waals surface area contributed by atoms with Gasteiger partial charge in [0.25, 0.3) is 0 Å². The number of nitrogens with two attached hydrogens (primary N) is 2. The van der Waals surface area contributed by atoms with Crippen LogP contribution in [0.2, 0.25) is 0 Å². The molecule has 36 heavy (non-hydrogen) atoms. The number of hydrogen-bond acceptors (Lipinski definition) is 7. The van der Waals surface area contributed by atoms with E-state index < -0.39 is 30.1 Å². The summed E-state index contributed by atoms with van der Waals surface area (Å²) in [6.45, 7) is 1.63. The lowest BCUT2D eigenvalue weighted by molar-refractivity contribution is -0.122. The largest absolute Gasteiger partial charge is 0.442 e. The highest BCUT2D eigenvalue weighted by Crippen LogP contribution is 2.28. The van der Waals surface area contributed by atoms with Crippen molar-refractivity contribution in [2.75, 3.05) is 11.4 Å². The average molecular weight is 495 g/mol. The number of Topliss-reactive ketones (excluding diaryl/α,β-unsaturated/α-hetero) is 1. The van der Waals surface area contributed by atoms with Crippen molar-refractivity contribution in [3.63, 3.8) is 0 Å². The lowest BCUT2D eigenvalue weighted by atomic mass is 10.0. The third-order valence-corrected chi connectivity index (χ3v) is 6.03. The highest BCUT2D eigenvalue weighted by Gasteiger charge is 2.37. The third-order valence-electron chi connectivity index (χ3n) is 6.03. The molecule has 3 atom stereocenters. The number of benzene rings is 2. The minimum Gasteiger partial charge on any atom is -0.442 e. The number of nitrogens with one attached hydrogen (secondary N) is 2. The van der Waals surface area contributed by atoms with Crippen molar-refractivity contribution in [2.45, 2.75) is 38.1 Å². The van der Waals surface area contributed by atoms with E-state index >= 15 is 0 Å². The van der Waals surface area contributed by atoms with E-state index in [2.05, 4.69) is 15.3 Å². The van der Waals surface area contributed by atoms with Crippen LogP contribution in [0.4, 0.5) is 14.9 Å². The maximum atomic E-state index is 14.9. The summed E-state index contributed by atoms with van der Waals surface area (Å²) in [7, 11) is 0. The maximum absolute atomic E-state index is 14.9. The number of H-pyrrole nitrogens is 1. The molecule has 4 rings (SSSR count). The number of anilines is 1. The summed E-state index contributed by atoms with van der Waals surface area (Å²) in [5.74, 6) is -1.07. The molecule has 0 saturated carbocycles. The van der Waals surface area contributed by atoms with Crippen molar-refractivity contribution < 1.29 is 23.5 Å². The Morgan fingerprint density at radius 2 is 2.00 bits per heavy atom. The van der Waals surface area contributed by atoms with Crippen LogP contribution in [0.25, 0.3) is 11.1 Å². The molecule has 10 nitrogen and oxygen atoms in total. The Balaban J connectivity index is 1.37. The number of cyclic esters (lactones) is 1. The Hall–Kier alpha value is -4.09. The molecule has 0 radical (unpaired) electrons. The van der Waals surface area contributed by atoms with E-state index in [4.69, 9.17) is 16.2 Å². The number of carbonyl (C=O) groups excluding carboxylic acids is 3. The van der Waals surface area contributed by atoms with Crippen LogP contribution >= 0.6 is 0 Å². The number of carbonyl (C=O) groups is 3. The van der Waals surface area contributed by atoms with Crippen LogP contribution in [0.3, 0.4) is 0 Å². The maximum Gasteiger partial charge on any atom is 0.414 e. The standard InChI is InChI=1S/C25H27FN6O4/c1-14(33)23(28)22-12-32(25(35)36-22)18-5-3-16(4-6-18)19-7-2-15(8-20(19)26)10-30-24(34)21(27)9-17-11-29-13-31-17/h2-8,11,13,21-23H,9-10,12,27-28H2,1H3,(H,29,31)(H,30,34)/t21?,22?,23-/m1/s1. The molecular formula is C25H27FN6O4. The fourth-order valence-corrected chi connectivity index (χ4v) is 3.91. The third kappa shape index (κ3) is 5.58. The fourth-order valence-electron chi connectivity index (χ4n) is 3.91. The number of amides is 2. The number of ketones is 1. The number of aromatic nitrogens is 2. The zero-order valence-corrected chi connectivity index (χ0v) is 19.6. The summed E-state index contributed by atoms with van der Waals surface area (Å²) >= 11 is 0. The normalized spacial score (nSPS) is 16.9. The zero-order valence-electron chi connectivity index (χ0n) is 19.6.